The first-order valence-corrected chi connectivity index (χ1v) is 11.0. The van der Waals surface area contributed by atoms with Crippen LogP contribution in [0, 0.1) is 17.8 Å². The number of fused-ring (bicyclic) bond motifs is 3. The van der Waals surface area contributed by atoms with E-state index in [0.717, 1.165) is 22.3 Å². The average molecular weight is 437 g/mol. The Morgan fingerprint density at radius 1 is 1.03 bits per heavy atom. The zero-order chi connectivity index (χ0) is 22.8. The van der Waals surface area contributed by atoms with Gasteiger partial charge in [0.25, 0.3) is 0 Å². The molecule has 1 fully saturated rings. The molecule has 4 rings (SSSR count). The highest BCUT2D eigenvalue weighted by molar-refractivity contribution is 5.81. The molecule has 2 amide bonds. The van der Waals surface area contributed by atoms with Crippen molar-refractivity contribution in [2.45, 2.75) is 32.2 Å². The summed E-state index contributed by atoms with van der Waals surface area (Å²) < 4.78 is 5.54. The molecule has 7 heteroatoms. The number of carboxylic acid groups (broad SMARTS) is 1. The fourth-order valence-corrected chi connectivity index (χ4v) is 4.35. The number of hydrogen-bond acceptors (Lipinski definition) is 4. The lowest BCUT2D eigenvalue weighted by Crippen LogP contribution is -2.44. The van der Waals surface area contributed by atoms with Crippen molar-refractivity contribution in [3.63, 3.8) is 0 Å². The molecule has 0 aliphatic heterocycles. The summed E-state index contributed by atoms with van der Waals surface area (Å²) in [5.41, 5.74) is 4.61. The summed E-state index contributed by atoms with van der Waals surface area (Å²) in [6, 6.07) is 15.8. The fraction of sp³-hybridized carbons (Fsp3) is 0.400. The second-order valence-corrected chi connectivity index (χ2v) is 8.73. The van der Waals surface area contributed by atoms with E-state index in [0.29, 0.717) is 13.0 Å². The topological polar surface area (TPSA) is 105 Å². The van der Waals surface area contributed by atoms with Crippen molar-refractivity contribution >= 4 is 18.0 Å². The van der Waals surface area contributed by atoms with Crippen LogP contribution in [0.3, 0.4) is 0 Å². The molecule has 2 unspecified atom stereocenters. The summed E-state index contributed by atoms with van der Waals surface area (Å²) in [7, 11) is 0. The number of carboxylic acids is 1. The van der Waals surface area contributed by atoms with Gasteiger partial charge in [-0.25, -0.2) is 4.79 Å². The van der Waals surface area contributed by atoms with Crippen LogP contribution in [-0.4, -0.2) is 42.3 Å². The predicted molar refractivity (Wildman–Crippen MR) is 119 cm³/mol. The minimum atomic E-state index is -0.817. The Morgan fingerprint density at radius 2 is 1.62 bits per heavy atom. The van der Waals surface area contributed by atoms with Crippen LogP contribution in [0.1, 0.15) is 37.3 Å². The molecule has 0 bridgehead atoms. The van der Waals surface area contributed by atoms with Crippen LogP contribution in [0.5, 0.6) is 0 Å². The van der Waals surface area contributed by atoms with Crippen molar-refractivity contribution in [3.8, 4) is 11.1 Å². The van der Waals surface area contributed by atoms with Crippen LogP contribution in [-0.2, 0) is 14.3 Å². The monoisotopic (exact) mass is 436 g/mol. The molecule has 168 valence electrons. The Balaban J connectivity index is 1.28. The summed E-state index contributed by atoms with van der Waals surface area (Å²) in [6.07, 6.45) is 0.0320. The van der Waals surface area contributed by atoms with E-state index >= 15 is 0 Å². The van der Waals surface area contributed by atoms with E-state index < -0.39 is 24.0 Å². The summed E-state index contributed by atoms with van der Waals surface area (Å²) >= 11 is 0. The number of hydrogen-bond donors (Lipinski definition) is 3. The fourth-order valence-electron chi connectivity index (χ4n) is 4.35. The van der Waals surface area contributed by atoms with E-state index in [1.165, 1.54) is 0 Å². The molecule has 3 N–H and O–H groups in total. The van der Waals surface area contributed by atoms with Gasteiger partial charge < -0.3 is 20.5 Å². The lowest BCUT2D eigenvalue weighted by Gasteiger charge is -2.21. The number of alkyl carbamates (subject to hydrolysis) is 1. The van der Waals surface area contributed by atoms with E-state index in [-0.39, 0.29) is 30.3 Å². The quantitative estimate of drug-likeness (QED) is 0.588. The number of amides is 2. The van der Waals surface area contributed by atoms with Crippen LogP contribution in [0.2, 0.25) is 0 Å². The first-order chi connectivity index (χ1) is 15.4. The third kappa shape index (κ3) is 4.47. The molecule has 2 aromatic rings. The van der Waals surface area contributed by atoms with Gasteiger partial charge in [-0.2, -0.15) is 0 Å². The number of benzene rings is 2. The maximum atomic E-state index is 12.4. The predicted octanol–water partition coefficient (Wildman–Crippen LogP) is 3.39. The Labute approximate surface area is 187 Å². The third-order valence-corrected chi connectivity index (χ3v) is 6.63. The average Bonchev–Trinajstić information content (AvgIpc) is 3.51. The maximum absolute atomic E-state index is 12.4. The highest BCUT2D eigenvalue weighted by Crippen LogP contribution is 2.44. The van der Waals surface area contributed by atoms with Gasteiger partial charge >= 0.3 is 12.1 Å². The highest BCUT2D eigenvalue weighted by atomic mass is 16.5. The molecule has 0 heterocycles. The van der Waals surface area contributed by atoms with Gasteiger partial charge in [-0.05, 0) is 41.5 Å². The van der Waals surface area contributed by atoms with Crippen molar-refractivity contribution in [3.05, 3.63) is 59.7 Å². The van der Waals surface area contributed by atoms with E-state index in [9.17, 15) is 14.4 Å². The smallest absolute Gasteiger partial charge is 0.407 e. The molecule has 4 atom stereocenters. The Bertz CT molecular complexity index is 991. The second-order valence-electron chi connectivity index (χ2n) is 8.73. The summed E-state index contributed by atoms with van der Waals surface area (Å²) in [5, 5.41) is 14.5. The van der Waals surface area contributed by atoms with Crippen molar-refractivity contribution in [2.75, 3.05) is 13.2 Å². The minimum Gasteiger partial charge on any atom is -0.481 e. The lowest BCUT2D eigenvalue weighted by atomic mass is 9.98. The van der Waals surface area contributed by atoms with Crippen LogP contribution in [0.4, 0.5) is 4.79 Å². The molecule has 0 saturated heterocycles. The van der Waals surface area contributed by atoms with E-state index in [1.807, 2.05) is 24.3 Å². The van der Waals surface area contributed by atoms with Gasteiger partial charge in [0.2, 0.25) is 5.91 Å². The molecule has 0 aromatic heterocycles. The number of aliphatic carboxylic acids is 1. The molecule has 2 aliphatic rings. The van der Waals surface area contributed by atoms with Crippen molar-refractivity contribution in [1.29, 1.82) is 0 Å². The molecule has 2 aliphatic carbocycles. The largest absolute Gasteiger partial charge is 0.481 e. The number of carbonyl (C=O) groups is 3. The zero-order valence-electron chi connectivity index (χ0n) is 18.2. The van der Waals surface area contributed by atoms with Gasteiger partial charge in [0.15, 0.2) is 0 Å². The van der Waals surface area contributed by atoms with Crippen LogP contribution < -0.4 is 10.6 Å². The van der Waals surface area contributed by atoms with Crippen LogP contribution >= 0.6 is 0 Å². The molecule has 7 nitrogen and oxygen atoms in total. The zero-order valence-corrected chi connectivity index (χ0v) is 18.2. The maximum Gasteiger partial charge on any atom is 0.407 e. The summed E-state index contributed by atoms with van der Waals surface area (Å²) in [5.74, 6) is -1.89. The number of carbonyl (C=O) groups excluding carboxylic acids is 2. The molecular weight excluding hydrogens is 408 g/mol. The van der Waals surface area contributed by atoms with E-state index in [4.69, 9.17) is 9.84 Å². The van der Waals surface area contributed by atoms with Crippen molar-refractivity contribution in [1.82, 2.24) is 10.6 Å². The van der Waals surface area contributed by atoms with Crippen molar-refractivity contribution < 1.29 is 24.2 Å². The molecule has 0 spiro atoms. The van der Waals surface area contributed by atoms with Gasteiger partial charge in [-0.15, -0.1) is 0 Å². The standard InChI is InChI=1S/C25H28N2O5/c1-14(23(28)26-12-16-11-21(16)24(29)30)15(2)27-25(31)32-13-22-19-9-5-3-7-17(19)18-8-4-6-10-20(18)22/h3-10,14-16,21-22H,11-13H2,1-2H3,(H,26,28)(H,27,31)(H,29,30)/t14?,15?,16-,21-/m1/s1. The normalized spacial score (nSPS) is 20.4. The first-order valence-electron chi connectivity index (χ1n) is 11.0. The highest BCUT2D eigenvalue weighted by Gasteiger charge is 2.43. The summed E-state index contributed by atoms with van der Waals surface area (Å²) in [6.45, 7) is 4.04. The van der Waals surface area contributed by atoms with Crippen LogP contribution in [0.15, 0.2) is 48.5 Å². The number of ether oxygens (including phenoxy) is 1. The van der Waals surface area contributed by atoms with E-state index in [1.54, 1.807) is 13.8 Å². The Morgan fingerprint density at radius 3 is 2.19 bits per heavy atom. The molecule has 1 saturated carbocycles. The van der Waals surface area contributed by atoms with Gasteiger partial charge in [0.05, 0.1) is 11.8 Å². The summed E-state index contributed by atoms with van der Waals surface area (Å²) in [4.78, 5) is 35.7. The molecule has 32 heavy (non-hydrogen) atoms. The Hall–Kier alpha value is -3.35. The number of nitrogens with one attached hydrogen (secondary N) is 2. The molecular formula is C25H28N2O5. The van der Waals surface area contributed by atoms with Crippen LogP contribution in [0.25, 0.3) is 11.1 Å². The minimum absolute atomic E-state index is 0.00551. The lowest BCUT2D eigenvalue weighted by molar-refractivity contribution is -0.139. The molecule has 0 radical (unpaired) electrons. The van der Waals surface area contributed by atoms with Gasteiger partial charge in [-0.3, -0.25) is 9.59 Å². The molecule has 2 aromatic carbocycles. The van der Waals surface area contributed by atoms with Crippen molar-refractivity contribution in [2.24, 2.45) is 17.8 Å². The Kier molecular flexibility index (Phi) is 6.17. The van der Waals surface area contributed by atoms with Gasteiger partial charge in [-0.1, -0.05) is 55.5 Å². The van der Waals surface area contributed by atoms with Gasteiger partial charge in [0, 0.05) is 18.5 Å². The third-order valence-electron chi connectivity index (χ3n) is 6.63. The van der Waals surface area contributed by atoms with Gasteiger partial charge in [0.1, 0.15) is 6.61 Å². The first kappa shape index (κ1) is 21.9. The SMILES string of the molecule is CC(NC(=O)OCC1c2ccccc2-c2ccccc21)C(C)C(=O)NC[C@H]1C[C@H]1C(=O)O. The second kappa shape index (κ2) is 9.02. The number of rotatable bonds is 8. The van der Waals surface area contributed by atoms with E-state index in [2.05, 4.69) is 34.9 Å².